The van der Waals surface area contributed by atoms with Crippen molar-refractivity contribution in [2.45, 2.75) is 105 Å². The first kappa shape index (κ1) is 30.7. The first-order valence-electron chi connectivity index (χ1n) is 15.4. The van der Waals surface area contributed by atoms with Crippen molar-refractivity contribution < 1.29 is 13.6 Å². The number of halogens is 2. The summed E-state index contributed by atoms with van der Waals surface area (Å²) in [6.45, 7) is 11.9. The lowest BCUT2D eigenvalue weighted by molar-refractivity contribution is -0.129. The number of aryl methyl sites for hydroxylation is 2. The minimum absolute atomic E-state index is 0.0131. The number of rotatable bonds is 9. The molecule has 224 valence electrons. The van der Waals surface area contributed by atoms with Gasteiger partial charge in [0.15, 0.2) is 5.82 Å². The molecular formula is C32H46F2N6O. The fraction of sp³-hybridized carbons (Fsp3) is 0.594. The predicted octanol–water partition coefficient (Wildman–Crippen LogP) is 7.77. The van der Waals surface area contributed by atoms with Crippen molar-refractivity contribution in [3.63, 3.8) is 0 Å². The highest BCUT2D eigenvalue weighted by atomic mass is 19.3. The van der Waals surface area contributed by atoms with Gasteiger partial charge in [0.1, 0.15) is 0 Å². The highest BCUT2D eigenvalue weighted by Gasteiger charge is 2.33. The molecule has 2 aliphatic heterocycles. The van der Waals surface area contributed by atoms with Crippen LogP contribution in [0.4, 0.5) is 20.3 Å². The molecule has 0 fully saturated rings. The molecule has 7 nitrogen and oxygen atoms in total. The van der Waals surface area contributed by atoms with Crippen LogP contribution in [0.25, 0.3) is 11.1 Å². The molecule has 2 aromatic heterocycles. The van der Waals surface area contributed by atoms with E-state index in [4.69, 9.17) is 5.10 Å². The van der Waals surface area contributed by atoms with Gasteiger partial charge in [-0.05, 0) is 48.9 Å². The van der Waals surface area contributed by atoms with E-state index in [1.54, 1.807) is 37.1 Å². The van der Waals surface area contributed by atoms with Crippen molar-refractivity contribution in [1.29, 1.82) is 0 Å². The summed E-state index contributed by atoms with van der Waals surface area (Å²) in [6.07, 6.45) is 8.74. The Bertz CT molecular complexity index is 1330. The average molecular weight is 569 g/mol. The maximum atomic E-state index is 14.4. The predicted molar refractivity (Wildman–Crippen MR) is 161 cm³/mol. The number of carbonyl (C=O) groups is 1. The molecule has 2 aliphatic rings. The molecule has 4 heterocycles. The van der Waals surface area contributed by atoms with Crippen LogP contribution in [0.1, 0.15) is 108 Å². The molecule has 1 atom stereocenters. The van der Waals surface area contributed by atoms with Crippen molar-refractivity contribution in [3.8, 4) is 11.1 Å². The van der Waals surface area contributed by atoms with Crippen LogP contribution < -0.4 is 4.90 Å². The number of anilines is 2. The Morgan fingerprint density at radius 3 is 2.49 bits per heavy atom. The normalized spacial score (nSPS) is 15.3. The zero-order chi connectivity index (χ0) is 29.7. The lowest BCUT2D eigenvalue weighted by Crippen LogP contribution is -2.35. The van der Waals surface area contributed by atoms with Crippen LogP contribution in [0.15, 0.2) is 24.5 Å². The summed E-state index contributed by atoms with van der Waals surface area (Å²) in [5, 5.41) is 9.45. The third kappa shape index (κ3) is 6.33. The minimum atomic E-state index is -2.61. The van der Waals surface area contributed by atoms with Gasteiger partial charge in [-0.1, -0.05) is 47.0 Å². The van der Waals surface area contributed by atoms with Crippen molar-refractivity contribution in [2.75, 3.05) is 18.0 Å². The van der Waals surface area contributed by atoms with Gasteiger partial charge in [-0.15, -0.1) is 0 Å². The number of hydrogen-bond donors (Lipinski definition) is 0. The van der Waals surface area contributed by atoms with Gasteiger partial charge in [0.2, 0.25) is 5.91 Å². The van der Waals surface area contributed by atoms with Crippen LogP contribution >= 0.6 is 0 Å². The molecule has 1 unspecified atom stereocenters. The van der Waals surface area contributed by atoms with Gasteiger partial charge in [-0.2, -0.15) is 10.2 Å². The Morgan fingerprint density at radius 2 is 1.85 bits per heavy atom. The summed E-state index contributed by atoms with van der Waals surface area (Å²) in [7, 11) is 1.79. The smallest absolute Gasteiger partial charge is 0.264 e. The van der Waals surface area contributed by atoms with E-state index in [1.807, 2.05) is 24.8 Å². The van der Waals surface area contributed by atoms with Crippen molar-refractivity contribution in [3.05, 3.63) is 46.9 Å². The molecule has 0 spiro atoms. The number of hydrogen-bond acceptors (Lipinski definition) is 4. The third-order valence-electron chi connectivity index (χ3n) is 8.24. The van der Waals surface area contributed by atoms with Crippen LogP contribution in [0.5, 0.6) is 0 Å². The lowest BCUT2D eigenvalue weighted by Gasteiger charge is -2.33. The molecule has 1 aromatic carbocycles. The van der Waals surface area contributed by atoms with Gasteiger partial charge in [-0.3, -0.25) is 14.2 Å². The van der Waals surface area contributed by atoms with Gasteiger partial charge in [0.25, 0.3) is 6.43 Å². The zero-order valence-corrected chi connectivity index (χ0v) is 25.6. The lowest BCUT2D eigenvalue weighted by atomic mass is 9.92. The second kappa shape index (κ2) is 13.6. The summed E-state index contributed by atoms with van der Waals surface area (Å²) in [6, 6.07) is 3.89. The summed E-state index contributed by atoms with van der Waals surface area (Å²) in [5.41, 5.74) is 5.36. The molecule has 0 radical (unpaired) electrons. The fourth-order valence-corrected chi connectivity index (χ4v) is 6.24. The Kier molecular flexibility index (Phi) is 10.2. The third-order valence-corrected chi connectivity index (χ3v) is 8.24. The van der Waals surface area contributed by atoms with Crippen molar-refractivity contribution in [2.24, 2.45) is 7.05 Å². The largest absolute Gasteiger partial charge is 0.338 e. The maximum absolute atomic E-state index is 14.4. The number of fused-ring (bicyclic) bond motifs is 2. The van der Waals surface area contributed by atoms with Gasteiger partial charge in [-0.25, -0.2) is 8.78 Å². The van der Waals surface area contributed by atoms with Crippen LogP contribution in [-0.2, 0) is 31.2 Å². The zero-order valence-electron chi connectivity index (χ0n) is 25.6. The number of unbranched alkanes of at least 4 members (excludes halogenated alkanes) is 1. The SMILES string of the molecule is CC.CCCCC(CCC)n1nc(N2CCCc3cc(-c4cnn(C)c4)c(C(F)F)cc32)c2c1CCN(C(C)=O)C2. The first-order chi connectivity index (χ1) is 19.8. The highest BCUT2D eigenvalue weighted by Crippen LogP contribution is 2.43. The maximum Gasteiger partial charge on any atom is 0.264 e. The summed E-state index contributed by atoms with van der Waals surface area (Å²) >= 11 is 0. The Hall–Kier alpha value is -3.23. The van der Waals surface area contributed by atoms with Gasteiger partial charge in [0, 0.05) is 67.8 Å². The van der Waals surface area contributed by atoms with E-state index < -0.39 is 6.43 Å². The van der Waals surface area contributed by atoms with Crippen LogP contribution in [0, 0.1) is 0 Å². The number of carbonyl (C=O) groups excluding carboxylic acids is 1. The molecular weight excluding hydrogens is 522 g/mol. The van der Waals surface area contributed by atoms with Crippen LogP contribution in [-0.4, -0.2) is 43.5 Å². The van der Waals surface area contributed by atoms with E-state index in [-0.39, 0.29) is 11.5 Å². The van der Waals surface area contributed by atoms with Crippen LogP contribution in [0.3, 0.4) is 0 Å². The Balaban J connectivity index is 0.00000189. The standard InChI is InChI=1S/C30H40F2N6O.C2H6/c1-5-7-11-23(9-6-2)38-27-12-14-36(20(3)39)19-26(27)30(34-38)37-13-8-10-21-15-24(22-17-33-35(4)18-22)25(29(31)32)16-28(21)37;1-2/h15-18,23,29H,5-14,19H2,1-4H3;1-2H3. The summed E-state index contributed by atoms with van der Waals surface area (Å²) < 4.78 is 32.7. The molecule has 41 heavy (non-hydrogen) atoms. The monoisotopic (exact) mass is 568 g/mol. The molecule has 0 aliphatic carbocycles. The Morgan fingerprint density at radius 1 is 1.07 bits per heavy atom. The van der Waals surface area contributed by atoms with E-state index in [2.05, 4.69) is 28.5 Å². The van der Waals surface area contributed by atoms with E-state index in [0.29, 0.717) is 36.8 Å². The van der Waals surface area contributed by atoms with E-state index in [9.17, 15) is 13.6 Å². The summed E-state index contributed by atoms with van der Waals surface area (Å²) in [5.74, 6) is 0.874. The Labute approximate surface area is 243 Å². The molecule has 0 bridgehead atoms. The molecule has 5 rings (SSSR count). The molecule has 0 saturated carbocycles. The molecule has 1 amide bonds. The van der Waals surface area contributed by atoms with Gasteiger partial charge >= 0.3 is 0 Å². The quantitative estimate of drug-likeness (QED) is 0.265. The number of aromatic nitrogens is 4. The first-order valence-corrected chi connectivity index (χ1v) is 15.4. The number of nitrogens with zero attached hydrogens (tertiary/aromatic N) is 6. The van der Waals surface area contributed by atoms with Crippen molar-refractivity contribution >= 4 is 17.4 Å². The van der Waals surface area contributed by atoms with E-state index in [0.717, 1.165) is 74.0 Å². The molecule has 9 heteroatoms. The van der Waals surface area contributed by atoms with E-state index in [1.165, 1.54) is 5.69 Å². The molecule has 3 aromatic rings. The molecule has 0 saturated heterocycles. The second-order valence-corrected chi connectivity index (χ2v) is 11.0. The number of amides is 1. The number of alkyl halides is 2. The van der Waals surface area contributed by atoms with E-state index >= 15 is 0 Å². The second-order valence-electron chi connectivity index (χ2n) is 11.0. The van der Waals surface area contributed by atoms with Gasteiger partial charge in [0.05, 0.1) is 18.8 Å². The molecule has 0 N–H and O–H groups in total. The van der Waals surface area contributed by atoms with Gasteiger partial charge < -0.3 is 9.80 Å². The van der Waals surface area contributed by atoms with Crippen LogP contribution in [0.2, 0.25) is 0 Å². The highest BCUT2D eigenvalue weighted by molar-refractivity contribution is 5.78. The minimum Gasteiger partial charge on any atom is -0.338 e. The number of benzene rings is 1. The summed E-state index contributed by atoms with van der Waals surface area (Å²) in [4.78, 5) is 16.4. The van der Waals surface area contributed by atoms with Crippen molar-refractivity contribution in [1.82, 2.24) is 24.5 Å². The topological polar surface area (TPSA) is 59.2 Å². The average Bonchev–Trinajstić information content (AvgIpc) is 3.58. The fourth-order valence-electron chi connectivity index (χ4n) is 6.24.